The molecule has 1 aliphatic rings. The van der Waals surface area contributed by atoms with Gasteiger partial charge in [-0.25, -0.2) is 4.99 Å². The molecular formula is C25H35IN4O3. The molecular weight excluding hydrogens is 531 g/mol. The van der Waals surface area contributed by atoms with Crippen LogP contribution in [0.15, 0.2) is 47.5 Å². The van der Waals surface area contributed by atoms with Crippen LogP contribution in [0.2, 0.25) is 0 Å². The molecule has 0 unspecified atom stereocenters. The summed E-state index contributed by atoms with van der Waals surface area (Å²) in [4.78, 5) is 19.3. The minimum Gasteiger partial charge on any atom is -0.493 e. The molecule has 0 aromatic heterocycles. The second kappa shape index (κ2) is 13.9. The summed E-state index contributed by atoms with van der Waals surface area (Å²) in [5.41, 5.74) is 3.51. The minimum atomic E-state index is 0. The predicted molar refractivity (Wildman–Crippen MR) is 143 cm³/mol. The Morgan fingerprint density at radius 1 is 1.06 bits per heavy atom. The average molecular weight is 566 g/mol. The van der Waals surface area contributed by atoms with Crippen molar-refractivity contribution in [3.63, 3.8) is 0 Å². The normalized spacial score (nSPS) is 12.9. The number of hydrogen-bond acceptors (Lipinski definition) is 4. The lowest BCUT2D eigenvalue weighted by atomic mass is 9.98. The molecule has 2 N–H and O–H groups in total. The Morgan fingerprint density at radius 3 is 2.42 bits per heavy atom. The molecule has 7 nitrogen and oxygen atoms in total. The van der Waals surface area contributed by atoms with E-state index in [0.717, 1.165) is 43.2 Å². The summed E-state index contributed by atoms with van der Waals surface area (Å²) in [6.45, 7) is 5.50. The molecule has 8 heteroatoms. The van der Waals surface area contributed by atoms with Gasteiger partial charge < -0.3 is 25.0 Å². The van der Waals surface area contributed by atoms with Crippen molar-refractivity contribution in [2.75, 3.05) is 33.9 Å². The van der Waals surface area contributed by atoms with Crippen molar-refractivity contribution < 1.29 is 14.3 Å². The van der Waals surface area contributed by atoms with Gasteiger partial charge in [-0.3, -0.25) is 4.79 Å². The van der Waals surface area contributed by atoms with Gasteiger partial charge in [0.15, 0.2) is 17.5 Å². The minimum absolute atomic E-state index is 0. The molecule has 2 aromatic rings. The number of methoxy groups -OCH3 is 2. The third kappa shape index (κ3) is 7.80. The van der Waals surface area contributed by atoms with Gasteiger partial charge in [0, 0.05) is 32.6 Å². The molecule has 3 rings (SSSR count). The molecule has 1 aliphatic heterocycles. The maximum absolute atomic E-state index is 12.8. The number of carbonyl (C=O) groups excluding carboxylic acids is 1. The van der Waals surface area contributed by atoms with Gasteiger partial charge in [-0.1, -0.05) is 30.3 Å². The van der Waals surface area contributed by atoms with Crippen LogP contribution >= 0.6 is 24.0 Å². The number of carbonyl (C=O) groups is 1. The first-order chi connectivity index (χ1) is 15.6. The van der Waals surface area contributed by atoms with Crippen molar-refractivity contribution in [3.05, 3.63) is 59.2 Å². The Morgan fingerprint density at radius 2 is 1.76 bits per heavy atom. The number of amides is 1. The molecule has 0 atom stereocenters. The van der Waals surface area contributed by atoms with Crippen molar-refractivity contribution in [2.24, 2.45) is 4.99 Å². The zero-order valence-corrected chi connectivity index (χ0v) is 22.1. The number of aliphatic imine (C=N–C) groups is 1. The quantitative estimate of drug-likeness (QED) is 0.210. The molecule has 0 spiro atoms. The fourth-order valence-corrected chi connectivity index (χ4v) is 3.80. The number of hydrogen-bond donors (Lipinski definition) is 2. The van der Waals surface area contributed by atoms with Gasteiger partial charge >= 0.3 is 0 Å². The van der Waals surface area contributed by atoms with Gasteiger partial charge in [-0.05, 0) is 48.6 Å². The van der Waals surface area contributed by atoms with Crippen LogP contribution in [0.5, 0.6) is 11.5 Å². The third-order valence-electron chi connectivity index (χ3n) is 5.54. The number of guanidine groups is 1. The molecule has 0 aliphatic carbocycles. The standard InChI is InChI=1S/C25H34N4O3.HI/c1-4-26-25(28-17-19-9-6-5-7-10-19)27-13-8-11-24(30)29-14-12-20-15-22(31-2)23(32-3)16-21(20)18-29;/h5-7,9-10,15-16H,4,8,11-14,17-18H2,1-3H3,(H2,26,27,28);1H. The van der Waals surface area contributed by atoms with E-state index in [1.807, 2.05) is 42.2 Å². The van der Waals surface area contributed by atoms with Crippen LogP contribution in [0.25, 0.3) is 0 Å². The molecule has 2 aromatic carbocycles. The maximum Gasteiger partial charge on any atom is 0.222 e. The van der Waals surface area contributed by atoms with Crippen LogP contribution < -0.4 is 20.1 Å². The summed E-state index contributed by atoms with van der Waals surface area (Å²) >= 11 is 0. The average Bonchev–Trinajstić information content (AvgIpc) is 2.84. The number of nitrogens with one attached hydrogen (secondary N) is 2. The molecule has 0 saturated heterocycles. The largest absolute Gasteiger partial charge is 0.493 e. The number of ether oxygens (including phenoxy) is 2. The lowest BCUT2D eigenvalue weighted by Crippen LogP contribution is -2.39. The molecule has 180 valence electrons. The van der Waals surface area contributed by atoms with Crippen molar-refractivity contribution in [3.8, 4) is 11.5 Å². The van der Waals surface area contributed by atoms with Gasteiger partial charge in [0.1, 0.15) is 0 Å². The number of nitrogens with zero attached hydrogens (tertiary/aromatic N) is 2. The lowest BCUT2D eigenvalue weighted by Gasteiger charge is -2.29. The van der Waals surface area contributed by atoms with E-state index in [1.165, 1.54) is 11.1 Å². The van der Waals surface area contributed by atoms with E-state index in [-0.39, 0.29) is 29.9 Å². The fourth-order valence-electron chi connectivity index (χ4n) is 3.80. The molecule has 33 heavy (non-hydrogen) atoms. The smallest absolute Gasteiger partial charge is 0.222 e. The second-order valence-electron chi connectivity index (χ2n) is 7.75. The summed E-state index contributed by atoms with van der Waals surface area (Å²) in [6, 6.07) is 14.2. The first kappa shape index (κ1) is 26.8. The van der Waals surface area contributed by atoms with Crippen LogP contribution in [0, 0.1) is 0 Å². The van der Waals surface area contributed by atoms with Crippen LogP contribution in [-0.2, 0) is 24.3 Å². The van der Waals surface area contributed by atoms with Crippen LogP contribution in [0.3, 0.4) is 0 Å². The zero-order valence-electron chi connectivity index (χ0n) is 19.7. The Bertz CT molecular complexity index is 921. The fraction of sp³-hybridized carbons (Fsp3) is 0.440. The van der Waals surface area contributed by atoms with E-state index in [2.05, 4.69) is 27.8 Å². The summed E-state index contributed by atoms with van der Waals surface area (Å²) in [7, 11) is 3.28. The highest BCUT2D eigenvalue weighted by Crippen LogP contribution is 2.33. The van der Waals surface area contributed by atoms with E-state index < -0.39 is 0 Å². The van der Waals surface area contributed by atoms with Crippen molar-refractivity contribution in [1.82, 2.24) is 15.5 Å². The molecule has 0 fully saturated rings. The highest BCUT2D eigenvalue weighted by atomic mass is 127. The van der Waals surface area contributed by atoms with E-state index in [1.54, 1.807) is 14.2 Å². The van der Waals surface area contributed by atoms with Crippen molar-refractivity contribution in [2.45, 2.75) is 39.3 Å². The van der Waals surface area contributed by atoms with Gasteiger partial charge in [-0.15, -0.1) is 24.0 Å². The van der Waals surface area contributed by atoms with Crippen molar-refractivity contribution >= 4 is 35.8 Å². The number of benzene rings is 2. The van der Waals surface area contributed by atoms with Crippen LogP contribution in [0.1, 0.15) is 36.5 Å². The number of fused-ring (bicyclic) bond motifs is 1. The van der Waals surface area contributed by atoms with Crippen molar-refractivity contribution in [1.29, 1.82) is 0 Å². The number of halogens is 1. The van der Waals surface area contributed by atoms with Gasteiger partial charge in [-0.2, -0.15) is 0 Å². The van der Waals surface area contributed by atoms with E-state index in [9.17, 15) is 4.79 Å². The van der Waals surface area contributed by atoms with Gasteiger partial charge in [0.25, 0.3) is 0 Å². The molecule has 0 bridgehead atoms. The monoisotopic (exact) mass is 566 g/mol. The second-order valence-corrected chi connectivity index (χ2v) is 7.75. The highest BCUT2D eigenvalue weighted by Gasteiger charge is 2.22. The number of rotatable bonds is 9. The maximum atomic E-state index is 12.8. The van der Waals surface area contributed by atoms with Crippen LogP contribution in [0.4, 0.5) is 0 Å². The highest BCUT2D eigenvalue weighted by molar-refractivity contribution is 14.0. The lowest BCUT2D eigenvalue weighted by molar-refractivity contribution is -0.132. The van der Waals surface area contributed by atoms with Gasteiger partial charge in [0.2, 0.25) is 5.91 Å². The third-order valence-corrected chi connectivity index (χ3v) is 5.54. The molecule has 0 saturated carbocycles. The topological polar surface area (TPSA) is 75.2 Å². The SMILES string of the molecule is CCNC(=NCc1ccccc1)NCCCC(=O)N1CCc2cc(OC)c(OC)cc2C1.I. The Balaban J connectivity index is 0.00000385. The van der Waals surface area contributed by atoms with Gasteiger partial charge in [0.05, 0.1) is 20.8 Å². The Labute approximate surface area is 214 Å². The first-order valence-electron chi connectivity index (χ1n) is 11.2. The van der Waals surface area contributed by atoms with E-state index >= 15 is 0 Å². The summed E-state index contributed by atoms with van der Waals surface area (Å²) in [5, 5.41) is 6.59. The molecule has 0 radical (unpaired) electrons. The first-order valence-corrected chi connectivity index (χ1v) is 11.2. The van der Waals surface area contributed by atoms with E-state index in [4.69, 9.17) is 9.47 Å². The Kier molecular flexibility index (Phi) is 11.3. The van der Waals surface area contributed by atoms with E-state index in [0.29, 0.717) is 31.8 Å². The predicted octanol–water partition coefficient (Wildman–Crippen LogP) is 3.74. The van der Waals surface area contributed by atoms with Crippen LogP contribution in [-0.4, -0.2) is 50.6 Å². The molecule has 1 heterocycles. The summed E-state index contributed by atoms with van der Waals surface area (Å²) in [6.07, 6.45) is 2.09. The zero-order chi connectivity index (χ0) is 22.8. The molecule has 1 amide bonds. The summed E-state index contributed by atoms with van der Waals surface area (Å²) in [5.74, 6) is 2.40. The summed E-state index contributed by atoms with van der Waals surface area (Å²) < 4.78 is 10.8. The Hall–Kier alpha value is -2.49.